The maximum atomic E-state index is 12.1. The first kappa shape index (κ1) is 17.0. The van der Waals surface area contributed by atoms with E-state index in [1.54, 1.807) is 35.6 Å². The van der Waals surface area contributed by atoms with Gasteiger partial charge in [-0.2, -0.15) is 0 Å². The van der Waals surface area contributed by atoms with Crippen LogP contribution in [0.1, 0.15) is 36.0 Å². The lowest BCUT2D eigenvalue weighted by atomic mass is 10.1. The molecule has 0 spiro atoms. The van der Waals surface area contributed by atoms with E-state index in [9.17, 15) is 9.59 Å². The standard InChI is InChI=1S/C17H21N3O2S/c1-17(2,3)20-15(21)12-6-4-7-13(10-12)19-16(22)18-11-14-8-5-9-23-14/h4-10H,11H2,1-3H3,(H,20,21)(H2,18,19,22). The molecule has 0 bridgehead atoms. The molecule has 0 saturated carbocycles. The molecule has 3 amide bonds. The summed E-state index contributed by atoms with van der Waals surface area (Å²) in [4.78, 5) is 25.1. The quantitative estimate of drug-likeness (QED) is 0.801. The lowest BCUT2D eigenvalue weighted by Gasteiger charge is -2.20. The highest BCUT2D eigenvalue weighted by Gasteiger charge is 2.15. The summed E-state index contributed by atoms with van der Waals surface area (Å²) in [5.41, 5.74) is 0.782. The molecule has 2 rings (SSSR count). The molecule has 0 atom stereocenters. The first-order valence-corrected chi connectivity index (χ1v) is 8.21. The van der Waals surface area contributed by atoms with E-state index in [1.165, 1.54) is 0 Å². The highest BCUT2D eigenvalue weighted by atomic mass is 32.1. The van der Waals surface area contributed by atoms with Crippen LogP contribution in [0.2, 0.25) is 0 Å². The van der Waals surface area contributed by atoms with Gasteiger partial charge in [-0.25, -0.2) is 4.79 Å². The Kier molecular flexibility index (Phi) is 5.39. The molecule has 1 heterocycles. The molecular formula is C17H21N3O2S. The van der Waals surface area contributed by atoms with Crippen molar-refractivity contribution in [3.8, 4) is 0 Å². The van der Waals surface area contributed by atoms with Gasteiger partial charge in [0.1, 0.15) is 0 Å². The molecule has 6 heteroatoms. The fraction of sp³-hybridized carbons (Fsp3) is 0.294. The van der Waals surface area contributed by atoms with Gasteiger partial charge in [0.25, 0.3) is 5.91 Å². The van der Waals surface area contributed by atoms with Crippen LogP contribution in [0.25, 0.3) is 0 Å². The molecule has 5 nitrogen and oxygen atoms in total. The largest absolute Gasteiger partial charge is 0.347 e. The smallest absolute Gasteiger partial charge is 0.319 e. The second-order valence-electron chi connectivity index (χ2n) is 6.17. The number of nitrogens with one attached hydrogen (secondary N) is 3. The van der Waals surface area contributed by atoms with Gasteiger partial charge in [0.05, 0.1) is 6.54 Å². The van der Waals surface area contributed by atoms with Crippen LogP contribution in [0.4, 0.5) is 10.5 Å². The molecule has 0 unspecified atom stereocenters. The van der Waals surface area contributed by atoms with Crippen LogP contribution >= 0.6 is 11.3 Å². The van der Waals surface area contributed by atoms with Gasteiger partial charge in [-0.15, -0.1) is 11.3 Å². The van der Waals surface area contributed by atoms with Crippen molar-refractivity contribution in [1.82, 2.24) is 10.6 Å². The van der Waals surface area contributed by atoms with Crippen molar-refractivity contribution in [1.29, 1.82) is 0 Å². The summed E-state index contributed by atoms with van der Waals surface area (Å²) in [7, 11) is 0. The Hall–Kier alpha value is -2.34. The highest BCUT2D eigenvalue weighted by Crippen LogP contribution is 2.12. The number of hydrogen-bond acceptors (Lipinski definition) is 3. The number of rotatable bonds is 4. The van der Waals surface area contributed by atoms with Crippen LogP contribution in [-0.2, 0) is 6.54 Å². The minimum absolute atomic E-state index is 0.167. The first-order chi connectivity index (χ1) is 10.8. The minimum atomic E-state index is -0.307. The highest BCUT2D eigenvalue weighted by molar-refractivity contribution is 7.09. The zero-order valence-electron chi connectivity index (χ0n) is 13.5. The Morgan fingerprint density at radius 1 is 1.13 bits per heavy atom. The van der Waals surface area contributed by atoms with E-state index >= 15 is 0 Å². The van der Waals surface area contributed by atoms with E-state index in [1.807, 2.05) is 38.3 Å². The summed E-state index contributed by atoms with van der Waals surface area (Å²) in [6.07, 6.45) is 0. The third-order valence-electron chi connectivity index (χ3n) is 2.87. The molecule has 0 fully saturated rings. The Morgan fingerprint density at radius 3 is 2.57 bits per heavy atom. The molecule has 3 N–H and O–H groups in total. The van der Waals surface area contributed by atoms with E-state index in [-0.39, 0.29) is 17.5 Å². The third kappa shape index (κ3) is 5.75. The molecular weight excluding hydrogens is 310 g/mol. The molecule has 122 valence electrons. The van der Waals surface area contributed by atoms with Gasteiger partial charge in [-0.05, 0) is 50.4 Å². The first-order valence-electron chi connectivity index (χ1n) is 7.33. The van der Waals surface area contributed by atoms with Gasteiger partial charge in [-0.3, -0.25) is 4.79 Å². The predicted molar refractivity (Wildman–Crippen MR) is 93.8 cm³/mol. The van der Waals surface area contributed by atoms with Crippen LogP contribution in [0.15, 0.2) is 41.8 Å². The van der Waals surface area contributed by atoms with E-state index in [0.29, 0.717) is 17.8 Å². The topological polar surface area (TPSA) is 70.2 Å². The summed E-state index contributed by atoms with van der Waals surface area (Å²) in [5, 5.41) is 10.4. The molecule has 0 aliphatic heterocycles. The van der Waals surface area contributed by atoms with Crippen molar-refractivity contribution in [2.45, 2.75) is 32.9 Å². The molecule has 0 aliphatic carbocycles. The number of carbonyl (C=O) groups is 2. The van der Waals surface area contributed by atoms with Gasteiger partial charge < -0.3 is 16.0 Å². The van der Waals surface area contributed by atoms with Crippen LogP contribution in [0.5, 0.6) is 0 Å². The van der Waals surface area contributed by atoms with Gasteiger partial charge in [-0.1, -0.05) is 12.1 Å². The zero-order valence-corrected chi connectivity index (χ0v) is 14.3. The van der Waals surface area contributed by atoms with Crippen LogP contribution in [0.3, 0.4) is 0 Å². The normalized spacial score (nSPS) is 10.9. The zero-order chi connectivity index (χ0) is 16.9. The summed E-state index contributed by atoms with van der Waals surface area (Å²) >= 11 is 1.59. The Bertz CT molecular complexity index is 675. The van der Waals surface area contributed by atoms with Gasteiger partial charge in [0, 0.05) is 21.7 Å². The minimum Gasteiger partial charge on any atom is -0.347 e. The number of carbonyl (C=O) groups excluding carboxylic acids is 2. The van der Waals surface area contributed by atoms with Gasteiger partial charge in [0.2, 0.25) is 0 Å². The summed E-state index contributed by atoms with van der Waals surface area (Å²) in [6.45, 7) is 6.24. The van der Waals surface area contributed by atoms with Crippen molar-refractivity contribution >= 4 is 29.0 Å². The third-order valence-corrected chi connectivity index (χ3v) is 3.75. The van der Waals surface area contributed by atoms with Crippen LogP contribution in [0, 0.1) is 0 Å². The van der Waals surface area contributed by atoms with E-state index in [2.05, 4.69) is 16.0 Å². The number of benzene rings is 1. The van der Waals surface area contributed by atoms with E-state index in [4.69, 9.17) is 0 Å². The maximum Gasteiger partial charge on any atom is 0.319 e. The number of thiophene rings is 1. The Labute approximate surface area is 140 Å². The van der Waals surface area contributed by atoms with Crippen molar-refractivity contribution in [2.75, 3.05) is 5.32 Å². The predicted octanol–water partition coefficient (Wildman–Crippen LogP) is 3.60. The van der Waals surface area contributed by atoms with Gasteiger partial charge >= 0.3 is 6.03 Å². The molecule has 1 aromatic heterocycles. The average Bonchev–Trinajstić information content (AvgIpc) is 2.97. The van der Waals surface area contributed by atoms with E-state index < -0.39 is 0 Å². The second kappa shape index (κ2) is 7.28. The average molecular weight is 331 g/mol. The van der Waals surface area contributed by atoms with Crippen molar-refractivity contribution in [3.63, 3.8) is 0 Å². The lowest BCUT2D eigenvalue weighted by Crippen LogP contribution is -2.40. The Balaban J connectivity index is 1.94. The van der Waals surface area contributed by atoms with E-state index in [0.717, 1.165) is 4.88 Å². The number of anilines is 1. The second-order valence-corrected chi connectivity index (χ2v) is 7.20. The molecule has 1 aromatic carbocycles. The van der Waals surface area contributed by atoms with Crippen LogP contribution < -0.4 is 16.0 Å². The number of amides is 3. The molecule has 0 saturated heterocycles. The Morgan fingerprint density at radius 2 is 1.91 bits per heavy atom. The maximum absolute atomic E-state index is 12.1. The SMILES string of the molecule is CC(C)(C)NC(=O)c1cccc(NC(=O)NCc2cccs2)c1. The van der Waals surface area contributed by atoms with Gasteiger partial charge in [0.15, 0.2) is 0 Å². The number of urea groups is 1. The molecule has 0 aliphatic rings. The molecule has 2 aromatic rings. The lowest BCUT2D eigenvalue weighted by molar-refractivity contribution is 0.0919. The molecule has 23 heavy (non-hydrogen) atoms. The van der Waals surface area contributed by atoms with Crippen molar-refractivity contribution < 1.29 is 9.59 Å². The molecule has 0 radical (unpaired) electrons. The monoisotopic (exact) mass is 331 g/mol. The summed E-state index contributed by atoms with van der Waals surface area (Å²) in [5.74, 6) is -0.167. The fourth-order valence-corrected chi connectivity index (χ4v) is 2.55. The van der Waals surface area contributed by atoms with Crippen LogP contribution in [-0.4, -0.2) is 17.5 Å². The number of hydrogen-bond donors (Lipinski definition) is 3. The van der Waals surface area contributed by atoms with Crippen molar-refractivity contribution in [3.05, 3.63) is 52.2 Å². The van der Waals surface area contributed by atoms with Crippen molar-refractivity contribution in [2.24, 2.45) is 0 Å². The summed E-state index contributed by atoms with van der Waals surface area (Å²) < 4.78 is 0. The fourth-order valence-electron chi connectivity index (χ4n) is 1.91. The summed E-state index contributed by atoms with van der Waals surface area (Å²) in [6, 6.07) is 10.5.